The number of aromatic nitrogens is 1. The molecular formula is C44H29N3Si. The highest BCUT2D eigenvalue weighted by Crippen LogP contribution is 2.38. The first-order valence-electron chi connectivity index (χ1n) is 15.9. The van der Waals surface area contributed by atoms with Crippen LogP contribution in [0, 0.1) is 13.1 Å². The maximum atomic E-state index is 8.47. The van der Waals surface area contributed by atoms with E-state index >= 15 is 0 Å². The van der Waals surface area contributed by atoms with Gasteiger partial charge in [-0.2, -0.15) is 0 Å². The van der Waals surface area contributed by atoms with Crippen LogP contribution in [0.3, 0.4) is 0 Å². The highest BCUT2D eigenvalue weighted by Gasteiger charge is 2.43. The summed E-state index contributed by atoms with van der Waals surface area (Å²) in [5.74, 6) is 0. The van der Waals surface area contributed by atoms with Gasteiger partial charge in [0.05, 0.1) is 24.2 Å². The van der Waals surface area contributed by atoms with E-state index in [4.69, 9.17) is 13.1 Å². The van der Waals surface area contributed by atoms with Crippen LogP contribution in [0.5, 0.6) is 0 Å². The van der Waals surface area contributed by atoms with Crippen LogP contribution in [0.25, 0.3) is 48.3 Å². The van der Waals surface area contributed by atoms with E-state index in [1.807, 2.05) is 18.2 Å². The lowest BCUT2D eigenvalue weighted by Gasteiger charge is -2.36. The highest BCUT2D eigenvalue weighted by atomic mass is 28.3. The Morgan fingerprint density at radius 1 is 0.438 bits per heavy atom. The predicted octanol–water partition coefficient (Wildman–Crippen LogP) is 8.93. The Morgan fingerprint density at radius 3 is 1.44 bits per heavy atom. The van der Waals surface area contributed by atoms with Gasteiger partial charge >= 0.3 is 0 Å². The molecule has 1 heterocycles. The third-order valence-corrected chi connectivity index (χ3v) is 14.2. The Morgan fingerprint density at radius 2 is 0.938 bits per heavy atom. The van der Waals surface area contributed by atoms with E-state index in [0.717, 1.165) is 33.0 Å². The van der Waals surface area contributed by atoms with Gasteiger partial charge in [0.15, 0.2) is 19.4 Å². The minimum Gasteiger partial charge on any atom is -0.311 e. The Bertz CT molecular complexity index is 2370. The van der Waals surface area contributed by atoms with Crippen molar-refractivity contribution in [1.29, 1.82) is 0 Å². The lowest BCUT2D eigenvalue weighted by molar-refractivity contribution is 1.18. The normalized spacial score (nSPS) is 11.3. The van der Waals surface area contributed by atoms with Crippen molar-refractivity contribution in [2.75, 3.05) is 0 Å². The summed E-state index contributed by atoms with van der Waals surface area (Å²) >= 11 is 0. The molecule has 0 amide bonds. The van der Waals surface area contributed by atoms with Gasteiger partial charge < -0.3 is 4.57 Å². The SMILES string of the molecule is [C-]#[N+]c1ccc([Si](c2ccccc2)(c2ccccc2)c2ccccc2)c(-c2ccc(-n3c4ccccc4c4ccccc43)cc2[N+]#[C-])c1. The lowest BCUT2D eigenvalue weighted by Crippen LogP contribution is -2.75. The topological polar surface area (TPSA) is 13.6 Å². The van der Waals surface area contributed by atoms with Gasteiger partial charge in [-0.25, -0.2) is 9.69 Å². The molecular weight excluding hydrogens is 599 g/mol. The van der Waals surface area contributed by atoms with E-state index in [9.17, 15) is 0 Å². The molecule has 0 fully saturated rings. The summed E-state index contributed by atoms with van der Waals surface area (Å²) in [6.45, 7) is 16.4. The first kappa shape index (κ1) is 29.0. The lowest BCUT2D eigenvalue weighted by atomic mass is 10.0. The van der Waals surface area contributed by atoms with E-state index in [1.165, 1.54) is 26.3 Å². The molecule has 0 saturated carbocycles. The van der Waals surface area contributed by atoms with Crippen LogP contribution in [0.4, 0.5) is 11.4 Å². The van der Waals surface area contributed by atoms with Crippen molar-refractivity contribution in [2.45, 2.75) is 0 Å². The summed E-state index contributed by atoms with van der Waals surface area (Å²) in [7, 11) is -2.95. The molecule has 8 rings (SSSR count). The zero-order valence-electron chi connectivity index (χ0n) is 26.1. The van der Waals surface area contributed by atoms with Gasteiger partial charge in [0.2, 0.25) is 0 Å². The average Bonchev–Trinajstić information content (AvgIpc) is 3.51. The Balaban J connectivity index is 1.44. The third kappa shape index (κ3) is 4.55. The largest absolute Gasteiger partial charge is 0.311 e. The number of fused-ring (bicyclic) bond motifs is 3. The van der Waals surface area contributed by atoms with Crippen LogP contribution in [0.1, 0.15) is 0 Å². The number of benzene rings is 7. The highest BCUT2D eigenvalue weighted by molar-refractivity contribution is 7.20. The number of nitrogens with zero attached hydrogens (tertiary/aromatic N) is 3. The Labute approximate surface area is 281 Å². The molecule has 1 aromatic heterocycles. The summed E-state index contributed by atoms with van der Waals surface area (Å²) in [5, 5.41) is 7.23. The zero-order valence-corrected chi connectivity index (χ0v) is 27.1. The molecule has 8 aromatic rings. The molecule has 0 bridgehead atoms. The van der Waals surface area contributed by atoms with Crippen LogP contribution in [0.2, 0.25) is 0 Å². The van der Waals surface area contributed by atoms with Crippen molar-refractivity contribution in [3.05, 3.63) is 199 Å². The molecule has 0 aliphatic rings. The van der Waals surface area contributed by atoms with Gasteiger partial charge in [0, 0.05) is 16.5 Å². The van der Waals surface area contributed by atoms with Crippen LogP contribution in [0.15, 0.2) is 176 Å². The first-order chi connectivity index (χ1) is 23.7. The van der Waals surface area contributed by atoms with Crippen LogP contribution in [-0.4, -0.2) is 12.6 Å². The molecule has 48 heavy (non-hydrogen) atoms. The average molecular weight is 628 g/mol. The van der Waals surface area contributed by atoms with Crippen LogP contribution in [-0.2, 0) is 0 Å². The minimum absolute atomic E-state index is 0.549. The van der Waals surface area contributed by atoms with Crippen molar-refractivity contribution in [2.24, 2.45) is 0 Å². The molecule has 4 heteroatoms. The maximum absolute atomic E-state index is 8.47. The Kier molecular flexibility index (Phi) is 7.27. The molecule has 0 radical (unpaired) electrons. The van der Waals surface area contributed by atoms with E-state index < -0.39 is 8.07 Å². The Hall–Kier alpha value is -6.46. The summed E-state index contributed by atoms with van der Waals surface area (Å²) in [6, 6.07) is 61.4. The molecule has 3 nitrogen and oxygen atoms in total. The third-order valence-electron chi connectivity index (χ3n) is 9.39. The molecule has 0 atom stereocenters. The summed E-state index contributed by atoms with van der Waals surface area (Å²) < 4.78 is 2.25. The molecule has 0 N–H and O–H groups in total. The summed E-state index contributed by atoms with van der Waals surface area (Å²) in [5.41, 5.74) is 5.98. The predicted molar refractivity (Wildman–Crippen MR) is 202 cm³/mol. The number of para-hydroxylation sites is 2. The van der Waals surface area contributed by atoms with Crippen molar-refractivity contribution < 1.29 is 0 Å². The van der Waals surface area contributed by atoms with Gasteiger partial charge in [-0.1, -0.05) is 152 Å². The second kappa shape index (κ2) is 12.0. The first-order valence-corrected chi connectivity index (χ1v) is 17.9. The molecule has 0 aliphatic carbocycles. The molecule has 0 spiro atoms. The molecule has 0 unspecified atom stereocenters. The van der Waals surface area contributed by atoms with Crippen molar-refractivity contribution in [3.63, 3.8) is 0 Å². The van der Waals surface area contributed by atoms with Gasteiger partial charge in [-0.05, 0) is 56.1 Å². The van der Waals surface area contributed by atoms with Crippen molar-refractivity contribution in [1.82, 2.24) is 4.57 Å². The molecule has 224 valence electrons. The number of rotatable bonds is 6. The van der Waals surface area contributed by atoms with Crippen LogP contribution >= 0.6 is 0 Å². The second-order valence-corrected chi connectivity index (χ2v) is 15.6. The molecule has 0 aliphatic heterocycles. The fraction of sp³-hybridized carbons (Fsp3) is 0. The molecule has 7 aromatic carbocycles. The monoisotopic (exact) mass is 627 g/mol. The quantitative estimate of drug-likeness (QED) is 0.0993. The second-order valence-electron chi connectivity index (χ2n) is 11.9. The van der Waals surface area contributed by atoms with Gasteiger partial charge in [0.1, 0.15) is 0 Å². The number of hydrogen-bond acceptors (Lipinski definition) is 0. The maximum Gasteiger partial charge on any atom is 0.196 e. The fourth-order valence-electron chi connectivity index (χ4n) is 7.36. The number of hydrogen-bond donors (Lipinski definition) is 0. The van der Waals surface area contributed by atoms with Gasteiger partial charge in [0.25, 0.3) is 0 Å². The standard InChI is InChI=1S/C44H29N3Si/c1-45-32-26-29-44(48(34-16-6-3-7-17-34,35-18-8-4-9-19-35)36-20-10-5-11-21-36)40(30-32)37-28-27-33(31-41(37)46-2)47-42-24-14-12-22-38(42)39-23-13-15-25-43(39)47/h3-31H. The minimum atomic E-state index is -2.95. The van der Waals surface area contributed by atoms with E-state index in [2.05, 4.69) is 172 Å². The zero-order chi connectivity index (χ0) is 32.5. The van der Waals surface area contributed by atoms with E-state index in [1.54, 1.807) is 0 Å². The fourth-order valence-corrected chi connectivity index (χ4v) is 12.3. The van der Waals surface area contributed by atoms with Gasteiger partial charge in [-0.3, -0.25) is 0 Å². The molecule has 0 saturated heterocycles. The van der Waals surface area contributed by atoms with E-state index in [-0.39, 0.29) is 0 Å². The van der Waals surface area contributed by atoms with Crippen molar-refractivity contribution >= 4 is 62.0 Å². The summed E-state index contributed by atoms with van der Waals surface area (Å²) in [4.78, 5) is 8.01. The van der Waals surface area contributed by atoms with Gasteiger partial charge in [-0.15, -0.1) is 0 Å². The van der Waals surface area contributed by atoms with Crippen molar-refractivity contribution in [3.8, 4) is 16.8 Å². The van der Waals surface area contributed by atoms with Crippen LogP contribution < -0.4 is 20.7 Å². The summed E-state index contributed by atoms with van der Waals surface area (Å²) in [6.07, 6.45) is 0. The van der Waals surface area contributed by atoms with E-state index in [0.29, 0.717) is 11.4 Å². The smallest absolute Gasteiger partial charge is 0.196 e.